The van der Waals surface area contributed by atoms with E-state index in [0.29, 0.717) is 22.8 Å². The van der Waals surface area contributed by atoms with Crippen LogP contribution in [-0.2, 0) is 5.60 Å². The Labute approximate surface area is 145 Å². The third-order valence-electron chi connectivity index (χ3n) is 4.94. The van der Waals surface area contributed by atoms with Gasteiger partial charge in [0.1, 0.15) is 22.7 Å². The van der Waals surface area contributed by atoms with Crippen molar-refractivity contribution >= 4 is 5.97 Å². The molecular weight excluding hydrogens is 324 g/mol. The molecule has 6 heteroatoms. The van der Waals surface area contributed by atoms with Gasteiger partial charge in [-0.3, -0.25) is 0 Å². The maximum Gasteiger partial charge on any atom is 0.339 e. The van der Waals surface area contributed by atoms with E-state index in [2.05, 4.69) is 0 Å². The molecule has 1 aliphatic heterocycles. The third-order valence-corrected chi connectivity index (χ3v) is 4.94. The van der Waals surface area contributed by atoms with Crippen LogP contribution in [0.2, 0.25) is 0 Å². The molecule has 2 unspecified atom stereocenters. The molecule has 2 N–H and O–H groups in total. The second-order valence-corrected chi connectivity index (χ2v) is 6.18. The van der Waals surface area contributed by atoms with Crippen molar-refractivity contribution in [2.75, 3.05) is 14.2 Å². The zero-order valence-electron chi connectivity index (χ0n) is 14.5. The van der Waals surface area contributed by atoms with Gasteiger partial charge in [-0.2, -0.15) is 0 Å². The molecule has 2 atom stereocenters. The summed E-state index contributed by atoms with van der Waals surface area (Å²) in [6.07, 6.45) is 0. The summed E-state index contributed by atoms with van der Waals surface area (Å²) in [6, 6.07) is 8.41. The number of aromatic hydroxyl groups is 1. The van der Waals surface area contributed by atoms with Gasteiger partial charge in [-0.1, -0.05) is 13.0 Å². The van der Waals surface area contributed by atoms with E-state index in [1.54, 1.807) is 26.4 Å². The standard InChI is InChI=1S/C19H20O6/c1-10-16-14(8-6-12(20)17(16)18(21)22)25-19(10,2)11-5-7-13(23-3)15(9-11)24-4/h5-10,20H,1-4H3,(H,21,22). The minimum Gasteiger partial charge on any atom is -0.507 e. The Kier molecular flexibility index (Phi) is 3.99. The molecule has 0 saturated heterocycles. The summed E-state index contributed by atoms with van der Waals surface area (Å²) >= 11 is 0. The van der Waals surface area contributed by atoms with E-state index < -0.39 is 11.6 Å². The van der Waals surface area contributed by atoms with Gasteiger partial charge in [0.25, 0.3) is 0 Å². The maximum atomic E-state index is 11.6. The Hall–Kier alpha value is -2.89. The van der Waals surface area contributed by atoms with E-state index >= 15 is 0 Å². The number of aromatic carboxylic acids is 1. The molecular formula is C19H20O6. The number of fused-ring (bicyclic) bond motifs is 1. The highest BCUT2D eigenvalue weighted by molar-refractivity contribution is 5.94. The Morgan fingerprint density at radius 3 is 2.44 bits per heavy atom. The van der Waals surface area contributed by atoms with Crippen molar-refractivity contribution < 1.29 is 29.2 Å². The molecule has 0 aliphatic carbocycles. The van der Waals surface area contributed by atoms with Gasteiger partial charge >= 0.3 is 5.97 Å². The van der Waals surface area contributed by atoms with Crippen LogP contribution in [0.25, 0.3) is 0 Å². The van der Waals surface area contributed by atoms with Gasteiger partial charge in [0.05, 0.1) is 14.2 Å². The summed E-state index contributed by atoms with van der Waals surface area (Å²) in [6.45, 7) is 3.77. The topological polar surface area (TPSA) is 85.2 Å². The molecule has 3 rings (SSSR count). The monoisotopic (exact) mass is 344 g/mol. The lowest BCUT2D eigenvalue weighted by Gasteiger charge is -2.30. The highest BCUT2D eigenvalue weighted by Gasteiger charge is 2.46. The minimum atomic E-state index is -1.18. The first-order valence-electron chi connectivity index (χ1n) is 7.84. The van der Waals surface area contributed by atoms with E-state index in [0.717, 1.165) is 5.56 Å². The number of ether oxygens (including phenoxy) is 3. The van der Waals surface area contributed by atoms with Crippen molar-refractivity contribution in [2.45, 2.75) is 25.4 Å². The van der Waals surface area contributed by atoms with Gasteiger partial charge in [0, 0.05) is 11.5 Å². The van der Waals surface area contributed by atoms with Gasteiger partial charge < -0.3 is 24.4 Å². The zero-order chi connectivity index (χ0) is 18.4. The van der Waals surface area contributed by atoms with E-state index in [1.807, 2.05) is 26.0 Å². The second kappa shape index (κ2) is 5.88. The SMILES string of the molecule is COc1ccc(C2(C)Oc3ccc(O)c(C(=O)O)c3C2C)cc1OC. The number of carboxylic acids is 1. The molecule has 1 heterocycles. The van der Waals surface area contributed by atoms with Crippen LogP contribution in [-0.4, -0.2) is 30.4 Å². The summed E-state index contributed by atoms with van der Waals surface area (Å²) < 4.78 is 16.8. The normalized spacial score (nSPS) is 21.4. The van der Waals surface area contributed by atoms with Crippen LogP contribution in [0, 0.1) is 0 Å². The first kappa shape index (κ1) is 17.0. The summed E-state index contributed by atoms with van der Waals surface area (Å²) in [5, 5.41) is 19.5. The number of rotatable bonds is 4. The lowest BCUT2D eigenvalue weighted by atomic mass is 9.80. The van der Waals surface area contributed by atoms with E-state index in [4.69, 9.17) is 14.2 Å². The highest BCUT2D eigenvalue weighted by atomic mass is 16.5. The summed E-state index contributed by atoms with van der Waals surface area (Å²) in [5.74, 6) is -0.116. The molecule has 25 heavy (non-hydrogen) atoms. The van der Waals surface area contributed by atoms with Gasteiger partial charge in [-0.25, -0.2) is 4.79 Å². The molecule has 0 radical (unpaired) electrons. The average molecular weight is 344 g/mol. The molecule has 0 bridgehead atoms. The van der Waals surface area contributed by atoms with Gasteiger partial charge in [0.15, 0.2) is 11.5 Å². The van der Waals surface area contributed by atoms with Crippen molar-refractivity contribution in [3.63, 3.8) is 0 Å². The predicted octanol–water partition coefficient (Wildman–Crippen LogP) is 3.52. The van der Waals surface area contributed by atoms with Crippen molar-refractivity contribution in [3.05, 3.63) is 47.0 Å². The Bertz CT molecular complexity index is 844. The van der Waals surface area contributed by atoms with Crippen LogP contribution >= 0.6 is 0 Å². The van der Waals surface area contributed by atoms with E-state index in [9.17, 15) is 15.0 Å². The van der Waals surface area contributed by atoms with Crippen LogP contribution in [0.5, 0.6) is 23.0 Å². The van der Waals surface area contributed by atoms with Crippen LogP contribution < -0.4 is 14.2 Å². The number of carbonyl (C=O) groups is 1. The van der Waals surface area contributed by atoms with Crippen molar-refractivity contribution in [2.24, 2.45) is 0 Å². The Morgan fingerprint density at radius 1 is 1.16 bits per heavy atom. The summed E-state index contributed by atoms with van der Waals surface area (Å²) in [4.78, 5) is 11.6. The first-order chi connectivity index (χ1) is 11.8. The number of methoxy groups -OCH3 is 2. The largest absolute Gasteiger partial charge is 0.507 e. The lowest BCUT2D eigenvalue weighted by Crippen LogP contribution is -2.30. The zero-order valence-corrected chi connectivity index (χ0v) is 14.5. The number of hydrogen-bond acceptors (Lipinski definition) is 5. The smallest absolute Gasteiger partial charge is 0.339 e. The van der Waals surface area contributed by atoms with Crippen LogP contribution in [0.15, 0.2) is 30.3 Å². The van der Waals surface area contributed by atoms with Crippen LogP contribution in [0.3, 0.4) is 0 Å². The fraction of sp³-hybridized carbons (Fsp3) is 0.316. The number of benzene rings is 2. The minimum absolute atomic E-state index is 0.116. The van der Waals surface area contributed by atoms with Crippen LogP contribution in [0.4, 0.5) is 0 Å². The average Bonchev–Trinajstić information content (AvgIpc) is 2.86. The molecule has 0 saturated carbocycles. The first-order valence-corrected chi connectivity index (χ1v) is 7.84. The maximum absolute atomic E-state index is 11.6. The Balaban J connectivity index is 2.13. The fourth-order valence-corrected chi connectivity index (χ4v) is 3.38. The van der Waals surface area contributed by atoms with Gasteiger partial charge in [-0.15, -0.1) is 0 Å². The molecule has 132 valence electrons. The fourth-order valence-electron chi connectivity index (χ4n) is 3.38. The molecule has 0 spiro atoms. The van der Waals surface area contributed by atoms with E-state index in [-0.39, 0.29) is 17.2 Å². The number of carboxylic acid groups (broad SMARTS) is 1. The molecule has 6 nitrogen and oxygen atoms in total. The quantitative estimate of drug-likeness (QED) is 0.883. The summed E-state index contributed by atoms with van der Waals surface area (Å²) in [7, 11) is 3.12. The highest BCUT2D eigenvalue weighted by Crippen LogP contribution is 2.53. The molecule has 2 aromatic rings. The molecule has 1 aliphatic rings. The van der Waals surface area contributed by atoms with Gasteiger partial charge in [-0.05, 0) is 36.8 Å². The molecule has 0 amide bonds. The lowest BCUT2D eigenvalue weighted by molar-refractivity contribution is 0.0691. The van der Waals surface area contributed by atoms with Crippen LogP contribution in [0.1, 0.15) is 41.3 Å². The Morgan fingerprint density at radius 2 is 1.84 bits per heavy atom. The molecule has 2 aromatic carbocycles. The summed E-state index contributed by atoms with van der Waals surface area (Å²) in [5.41, 5.74) is 0.392. The van der Waals surface area contributed by atoms with Crippen molar-refractivity contribution in [1.82, 2.24) is 0 Å². The third kappa shape index (κ3) is 2.45. The molecule has 0 aromatic heterocycles. The van der Waals surface area contributed by atoms with E-state index in [1.165, 1.54) is 6.07 Å². The molecule has 0 fully saturated rings. The van der Waals surface area contributed by atoms with Gasteiger partial charge in [0.2, 0.25) is 0 Å². The number of phenols is 1. The second-order valence-electron chi connectivity index (χ2n) is 6.18. The van der Waals surface area contributed by atoms with Crippen molar-refractivity contribution in [1.29, 1.82) is 0 Å². The van der Waals surface area contributed by atoms with Crippen molar-refractivity contribution in [3.8, 4) is 23.0 Å². The number of hydrogen-bond donors (Lipinski definition) is 2. The predicted molar refractivity (Wildman–Crippen MR) is 91.0 cm³/mol.